The number of halogens is 3. The molecular formula is C18H17F3N4O2. The maximum atomic E-state index is 12.8. The molecule has 0 saturated carbocycles. The summed E-state index contributed by atoms with van der Waals surface area (Å²) in [5.41, 5.74) is 0.234. The summed E-state index contributed by atoms with van der Waals surface area (Å²) in [5, 5.41) is 2.84. The molecule has 1 aromatic carbocycles. The SMILES string of the molecule is O=CN1CCN(C(=O)c2ccc(Nc3cccc(C(F)(F)F)c3)cn2)CC1. The van der Waals surface area contributed by atoms with Crippen molar-refractivity contribution >= 4 is 23.7 Å². The molecule has 1 aliphatic rings. The molecule has 2 aromatic rings. The molecule has 0 atom stereocenters. The highest BCUT2D eigenvalue weighted by Crippen LogP contribution is 2.31. The zero-order valence-corrected chi connectivity index (χ0v) is 14.2. The Balaban J connectivity index is 1.65. The molecule has 2 amide bonds. The van der Waals surface area contributed by atoms with E-state index in [2.05, 4.69) is 10.3 Å². The molecule has 0 spiro atoms. The zero-order valence-electron chi connectivity index (χ0n) is 14.2. The maximum Gasteiger partial charge on any atom is 0.416 e. The lowest BCUT2D eigenvalue weighted by atomic mass is 10.2. The van der Waals surface area contributed by atoms with Crippen molar-refractivity contribution < 1.29 is 22.8 Å². The van der Waals surface area contributed by atoms with Crippen molar-refractivity contribution in [1.29, 1.82) is 0 Å². The minimum absolute atomic E-state index is 0.240. The predicted molar refractivity (Wildman–Crippen MR) is 92.5 cm³/mol. The number of nitrogens with one attached hydrogen (secondary N) is 1. The van der Waals surface area contributed by atoms with Crippen molar-refractivity contribution in [3.05, 3.63) is 53.9 Å². The topological polar surface area (TPSA) is 65.5 Å². The number of piperazine rings is 1. The predicted octanol–water partition coefficient (Wildman–Crippen LogP) is 2.76. The van der Waals surface area contributed by atoms with E-state index in [0.717, 1.165) is 18.5 Å². The minimum atomic E-state index is -4.42. The fourth-order valence-corrected chi connectivity index (χ4v) is 2.73. The van der Waals surface area contributed by atoms with Crippen LogP contribution in [0, 0.1) is 0 Å². The van der Waals surface area contributed by atoms with Crippen LogP contribution in [0.15, 0.2) is 42.6 Å². The van der Waals surface area contributed by atoms with Crippen molar-refractivity contribution in [3.8, 4) is 0 Å². The van der Waals surface area contributed by atoms with Crippen LogP contribution in [0.1, 0.15) is 16.1 Å². The second-order valence-electron chi connectivity index (χ2n) is 6.07. The van der Waals surface area contributed by atoms with Crippen molar-refractivity contribution in [3.63, 3.8) is 0 Å². The van der Waals surface area contributed by atoms with Gasteiger partial charge in [-0.2, -0.15) is 13.2 Å². The number of benzene rings is 1. The highest BCUT2D eigenvalue weighted by atomic mass is 19.4. The van der Waals surface area contributed by atoms with Crippen LogP contribution in [0.4, 0.5) is 24.5 Å². The van der Waals surface area contributed by atoms with Gasteiger partial charge in [0.1, 0.15) is 5.69 Å². The summed E-state index contributed by atoms with van der Waals surface area (Å²) in [7, 11) is 0. The number of carbonyl (C=O) groups is 2. The third-order valence-electron chi connectivity index (χ3n) is 4.21. The van der Waals surface area contributed by atoms with Crippen LogP contribution in [-0.4, -0.2) is 53.3 Å². The number of rotatable bonds is 4. The number of nitrogens with zero attached hydrogens (tertiary/aromatic N) is 3. The fraction of sp³-hybridized carbons (Fsp3) is 0.278. The largest absolute Gasteiger partial charge is 0.416 e. The molecular weight excluding hydrogens is 361 g/mol. The molecule has 142 valence electrons. The Bertz CT molecular complexity index is 816. The Morgan fingerprint density at radius 3 is 2.41 bits per heavy atom. The fourth-order valence-electron chi connectivity index (χ4n) is 2.73. The summed E-state index contributed by atoms with van der Waals surface area (Å²) in [5.74, 6) is -0.244. The van der Waals surface area contributed by atoms with Crippen LogP contribution >= 0.6 is 0 Å². The lowest BCUT2D eigenvalue weighted by Crippen LogP contribution is -2.48. The molecule has 0 bridgehead atoms. The van der Waals surface area contributed by atoms with Gasteiger partial charge in [0, 0.05) is 31.9 Å². The summed E-state index contributed by atoms with van der Waals surface area (Å²) in [6.45, 7) is 1.82. The highest BCUT2D eigenvalue weighted by molar-refractivity contribution is 5.92. The van der Waals surface area contributed by atoms with Gasteiger partial charge in [-0.3, -0.25) is 9.59 Å². The summed E-state index contributed by atoms with van der Waals surface area (Å²) < 4.78 is 38.3. The van der Waals surface area contributed by atoms with Crippen LogP contribution in [0.25, 0.3) is 0 Å². The molecule has 2 heterocycles. The van der Waals surface area contributed by atoms with E-state index in [-0.39, 0.29) is 17.3 Å². The average molecular weight is 378 g/mol. The van der Waals surface area contributed by atoms with Gasteiger partial charge in [-0.25, -0.2) is 4.98 Å². The molecule has 1 saturated heterocycles. The first-order chi connectivity index (χ1) is 12.9. The number of hydrogen-bond donors (Lipinski definition) is 1. The molecule has 3 rings (SSSR count). The van der Waals surface area contributed by atoms with Crippen LogP contribution in [0.3, 0.4) is 0 Å². The van der Waals surface area contributed by atoms with E-state index in [1.54, 1.807) is 15.9 Å². The number of carbonyl (C=O) groups excluding carboxylic acids is 2. The molecule has 0 unspecified atom stereocenters. The van der Waals surface area contributed by atoms with Gasteiger partial charge in [-0.05, 0) is 30.3 Å². The monoisotopic (exact) mass is 378 g/mol. The first kappa shape index (κ1) is 18.7. The van der Waals surface area contributed by atoms with Gasteiger partial charge in [0.2, 0.25) is 6.41 Å². The van der Waals surface area contributed by atoms with Crippen LogP contribution in [0.2, 0.25) is 0 Å². The molecule has 1 aliphatic heterocycles. The highest BCUT2D eigenvalue weighted by Gasteiger charge is 2.30. The number of hydrogen-bond acceptors (Lipinski definition) is 4. The van der Waals surface area contributed by atoms with E-state index in [4.69, 9.17) is 0 Å². The smallest absolute Gasteiger partial charge is 0.354 e. The van der Waals surface area contributed by atoms with Crippen molar-refractivity contribution in [2.24, 2.45) is 0 Å². The molecule has 9 heteroatoms. The van der Waals surface area contributed by atoms with E-state index in [9.17, 15) is 22.8 Å². The average Bonchev–Trinajstić information content (AvgIpc) is 2.68. The van der Waals surface area contributed by atoms with E-state index in [0.29, 0.717) is 31.9 Å². The quantitative estimate of drug-likeness (QED) is 0.831. The number of alkyl halides is 3. The van der Waals surface area contributed by atoms with Crippen LogP contribution in [0.5, 0.6) is 0 Å². The lowest BCUT2D eigenvalue weighted by Gasteiger charge is -2.32. The second-order valence-corrected chi connectivity index (χ2v) is 6.07. The Kier molecular flexibility index (Phi) is 5.29. The summed E-state index contributed by atoms with van der Waals surface area (Å²) in [4.78, 5) is 30.5. The third kappa shape index (κ3) is 4.55. The molecule has 6 nitrogen and oxygen atoms in total. The first-order valence-corrected chi connectivity index (χ1v) is 8.26. The van der Waals surface area contributed by atoms with Crippen LogP contribution < -0.4 is 5.32 Å². The number of amides is 2. The summed E-state index contributed by atoms with van der Waals surface area (Å²) in [6, 6.07) is 7.93. The zero-order chi connectivity index (χ0) is 19.4. The Morgan fingerprint density at radius 1 is 1.07 bits per heavy atom. The number of anilines is 2. The van der Waals surface area contributed by atoms with Crippen molar-refractivity contribution in [2.45, 2.75) is 6.18 Å². The van der Waals surface area contributed by atoms with Gasteiger partial charge < -0.3 is 15.1 Å². The standard InChI is InChI=1S/C18H17F3N4O2/c19-18(20,21)13-2-1-3-14(10-13)23-15-4-5-16(22-11-15)17(27)25-8-6-24(12-26)7-9-25/h1-5,10-12,23H,6-9H2. The van der Waals surface area contributed by atoms with E-state index in [1.165, 1.54) is 24.4 Å². The molecule has 1 N–H and O–H groups in total. The van der Waals surface area contributed by atoms with E-state index < -0.39 is 11.7 Å². The molecule has 27 heavy (non-hydrogen) atoms. The maximum absolute atomic E-state index is 12.8. The van der Waals surface area contributed by atoms with E-state index >= 15 is 0 Å². The lowest BCUT2D eigenvalue weighted by molar-refractivity contribution is -0.137. The van der Waals surface area contributed by atoms with E-state index in [1.807, 2.05) is 0 Å². The van der Waals surface area contributed by atoms with Gasteiger partial charge in [0.15, 0.2) is 0 Å². The normalized spacial score (nSPS) is 14.8. The van der Waals surface area contributed by atoms with Crippen LogP contribution in [-0.2, 0) is 11.0 Å². The van der Waals surface area contributed by atoms with Crippen molar-refractivity contribution in [2.75, 3.05) is 31.5 Å². The van der Waals surface area contributed by atoms with Gasteiger partial charge in [-0.15, -0.1) is 0 Å². The molecule has 1 fully saturated rings. The Labute approximate surface area is 153 Å². The van der Waals surface area contributed by atoms with Gasteiger partial charge in [0.05, 0.1) is 17.4 Å². The third-order valence-corrected chi connectivity index (χ3v) is 4.21. The number of pyridine rings is 1. The molecule has 0 aliphatic carbocycles. The summed E-state index contributed by atoms with van der Waals surface area (Å²) in [6.07, 6.45) is -2.26. The molecule has 0 radical (unpaired) electrons. The van der Waals surface area contributed by atoms with Crippen molar-refractivity contribution in [1.82, 2.24) is 14.8 Å². The van der Waals surface area contributed by atoms with Gasteiger partial charge in [-0.1, -0.05) is 6.07 Å². The Morgan fingerprint density at radius 2 is 1.81 bits per heavy atom. The minimum Gasteiger partial charge on any atom is -0.354 e. The van der Waals surface area contributed by atoms with Gasteiger partial charge >= 0.3 is 6.18 Å². The second kappa shape index (κ2) is 7.65. The summed E-state index contributed by atoms with van der Waals surface area (Å²) >= 11 is 0. The first-order valence-electron chi connectivity index (χ1n) is 8.26. The molecule has 1 aromatic heterocycles. The Hall–Kier alpha value is -3.10. The number of aromatic nitrogens is 1. The van der Waals surface area contributed by atoms with Gasteiger partial charge in [0.25, 0.3) is 5.91 Å².